The van der Waals surface area contributed by atoms with Crippen molar-refractivity contribution in [3.05, 3.63) is 68.2 Å². The molecule has 8 heteroatoms. The molecule has 1 aliphatic heterocycles. The Hall–Kier alpha value is -2.08. The Balaban J connectivity index is 1.82. The van der Waals surface area contributed by atoms with E-state index in [4.69, 9.17) is 34.8 Å². The molecule has 1 atom stereocenters. The van der Waals surface area contributed by atoms with Crippen LogP contribution in [0.5, 0.6) is 0 Å². The highest BCUT2D eigenvalue weighted by Crippen LogP contribution is 2.32. The molecule has 1 unspecified atom stereocenters. The molecule has 5 nitrogen and oxygen atoms in total. The SMILES string of the molecule is CC(C(=O)N(C)Cc1ccccc1Cl)N1C(=O)c2cc(Cl)c(Cl)cc2C1=O. The highest BCUT2D eigenvalue weighted by Gasteiger charge is 2.42. The van der Waals surface area contributed by atoms with Gasteiger partial charge in [-0.25, -0.2) is 0 Å². The molecule has 0 spiro atoms. The Morgan fingerprint density at radius 3 is 2.04 bits per heavy atom. The Morgan fingerprint density at radius 1 is 1.00 bits per heavy atom. The van der Waals surface area contributed by atoms with E-state index in [2.05, 4.69) is 0 Å². The van der Waals surface area contributed by atoms with Crippen molar-refractivity contribution in [2.75, 3.05) is 7.05 Å². The number of fused-ring (bicyclic) bond motifs is 1. The molecule has 3 amide bonds. The second-order valence-corrected chi connectivity index (χ2v) is 7.48. The lowest BCUT2D eigenvalue weighted by molar-refractivity contribution is -0.134. The summed E-state index contributed by atoms with van der Waals surface area (Å²) in [5, 5.41) is 0.885. The first-order valence-corrected chi connectivity index (χ1v) is 9.21. The summed E-state index contributed by atoms with van der Waals surface area (Å²) in [6.07, 6.45) is 0. The van der Waals surface area contributed by atoms with Crippen LogP contribution in [0.1, 0.15) is 33.2 Å². The highest BCUT2D eigenvalue weighted by molar-refractivity contribution is 6.43. The van der Waals surface area contributed by atoms with Gasteiger partial charge in [-0.2, -0.15) is 0 Å². The predicted octanol–water partition coefficient (Wildman–Crippen LogP) is 4.29. The van der Waals surface area contributed by atoms with E-state index in [9.17, 15) is 14.4 Å². The molecule has 0 bridgehead atoms. The number of rotatable bonds is 4. The van der Waals surface area contributed by atoms with Crippen LogP contribution in [0.25, 0.3) is 0 Å². The lowest BCUT2D eigenvalue weighted by atomic mass is 10.1. The average Bonchev–Trinajstić information content (AvgIpc) is 2.86. The number of imide groups is 1. The van der Waals surface area contributed by atoms with Crippen LogP contribution in [0.3, 0.4) is 0 Å². The largest absolute Gasteiger partial charge is 0.340 e. The molecule has 0 aromatic heterocycles. The van der Waals surface area contributed by atoms with Crippen molar-refractivity contribution in [2.45, 2.75) is 19.5 Å². The van der Waals surface area contributed by atoms with E-state index in [1.165, 1.54) is 24.0 Å². The van der Waals surface area contributed by atoms with E-state index < -0.39 is 17.9 Å². The molecule has 0 saturated heterocycles. The van der Waals surface area contributed by atoms with E-state index in [1.807, 2.05) is 12.1 Å². The molecule has 0 saturated carbocycles. The van der Waals surface area contributed by atoms with Gasteiger partial charge < -0.3 is 4.90 Å². The summed E-state index contributed by atoms with van der Waals surface area (Å²) in [6, 6.07) is 8.88. The van der Waals surface area contributed by atoms with Crippen LogP contribution in [-0.2, 0) is 11.3 Å². The molecule has 3 rings (SSSR count). The van der Waals surface area contributed by atoms with Crippen LogP contribution in [0.2, 0.25) is 15.1 Å². The van der Waals surface area contributed by atoms with Crippen LogP contribution in [0.15, 0.2) is 36.4 Å². The number of likely N-dealkylation sites (N-methyl/N-ethyl adjacent to an activating group) is 1. The van der Waals surface area contributed by atoms with Crippen molar-refractivity contribution in [3.8, 4) is 0 Å². The zero-order chi connectivity index (χ0) is 19.9. The van der Waals surface area contributed by atoms with E-state index in [-0.39, 0.29) is 33.6 Å². The van der Waals surface area contributed by atoms with Gasteiger partial charge in [0.15, 0.2) is 0 Å². The zero-order valence-electron chi connectivity index (χ0n) is 14.5. The second kappa shape index (κ2) is 7.50. The van der Waals surface area contributed by atoms with Crippen molar-refractivity contribution < 1.29 is 14.4 Å². The number of carbonyl (C=O) groups is 3. The summed E-state index contributed by atoms with van der Waals surface area (Å²) in [7, 11) is 1.59. The van der Waals surface area contributed by atoms with Gasteiger partial charge in [-0.1, -0.05) is 53.0 Å². The molecule has 0 radical (unpaired) electrons. The van der Waals surface area contributed by atoms with Gasteiger partial charge in [0.1, 0.15) is 6.04 Å². The maximum atomic E-state index is 12.8. The molecule has 27 heavy (non-hydrogen) atoms. The third-order valence-electron chi connectivity index (χ3n) is 4.45. The molecule has 2 aromatic rings. The van der Waals surface area contributed by atoms with Gasteiger partial charge in [0.2, 0.25) is 5.91 Å². The normalized spacial score (nSPS) is 14.3. The minimum absolute atomic E-state index is 0.141. The fourth-order valence-corrected chi connectivity index (χ4v) is 3.52. The molecular weight excluding hydrogens is 411 g/mol. The van der Waals surface area contributed by atoms with Gasteiger partial charge in [-0.05, 0) is 30.7 Å². The van der Waals surface area contributed by atoms with E-state index in [1.54, 1.807) is 19.2 Å². The Morgan fingerprint density at radius 2 is 1.52 bits per heavy atom. The minimum atomic E-state index is -0.984. The highest BCUT2D eigenvalue weighted by atomic mass is 35.5. The maximum absolute atomic E-state index is 12.8. The number of hydrogen-bond donors (Lipinski definition) is 0. The third kappa shape index (κ3) is 3.55. The van der Waals surface area contributed by atoms with Crippen LogP contribution in [0, 0.1) is 0 Å². The molecule has 0 N–H and O–H groups in total. The quantitative estimate of drug-likeness (QED) is 0.687. The fraction of sp³-hybridized carbons (Fsp3) is 0.211. The number of carbonyl (C=O) groups excluding carboxylic acids is 3. The van der Waals surface area contributed by atoms with Crippen LogP contribution < -0.4 is 0 Å². The Labute approximate surface area is 171 Å². The van der Waals surface area contributed by atoms with Gasteiger partial charge in [-0.3, -0.25) is 19.3 Å². The van der Waals surface area contributed by atoms with Crippen LogP contribution in [-0.4, -0.2) is 40.6 Å². The van der Waals surface area contributed by atoms with Gasteiger partial charge >= 0.3 is 0 Å². The van der Waals surface area contributed by atoms with Crippen LogP contribution in [0.4, 0.5) is 0 Å². The molecule has 1 heterocycles. The molecule has 1 aliphatic rings. The van der Waals surface area contributed by atoms with Gasteiger partial charge in [-0.15, -0.1) is 0 Å². The number of hydrogen-bond acceptors (Lipinski definition) is 3. The summed E-state index contributed by atoms with van der Waals surface area (Å²) in [5.41, 5.74) is 1.05. The van der Waals surface area contributed by atoms with Gasteiger partial charge in [0.05, 0.1) is 21.2 Å². The number of nitrogens with zero attached hydrogens (tertiary/aromatic N) is 2. The Bertz CT molecular complexity index is 920. The summed E-state index contributed by atoms with van der Waals surface area (Å²) >= 11 is 18.0. The monoisotopic (exact) mass is 424 g/mol. The molecule has 2 aromatic carbocycles. The Kier molecular flexibility index (Phi) is 5.47. The maximum Gasteiger partial charge on any atom is 0.262 e. The summed E-state index contributed by atoms with van der Waals surface area (Å²) in [6.45, 7) is 1.76. The third-order valence-corrected chi connectivity index (χ3v) is 5.54. The number of halogens is 3. The first-order valence-electron chi connectivity index (χ1n) is 8.07. The fourth-order valence-electron chi connectivity index (χ4n) is 2.99. The smallest absolute Gasteiger partial charge is 0.262 e. The van der Waals surface area contributed by atoms with E-state index in [0.29, 0.717) is 5.02 Å². The van der Waals surface area contributed by atoms with Crippen molar-refractivity contribution in [3.63, 3.8) is 0 Å². The van der Waals surface area contributed by atoms with Gasteiger partial charge in [0, 0.05) is 18.6 Å². The average molecular weight is 426 g/mol. The molecule has 0 aliphatic carbocycles. The van der Waals surface area contributed by atoms with E-state index in [0.717, 1.165) is 10.5 Å². The van der Waals surface area contributed by atoms with Crippen molar-refractivity contribution in [1.29, 1.82) is 0 Å². The standard InChI is InChI=1S/C19H15Cl3N2O3/c1-10(17(25)23(2)9-11-5-3-4-6-14(11)20)24-18(26)12-7-15(21)16(22)8-13(12)19(24)27/h3-8,10H,9H2,1-2H3. The van der Waals surface area contributed by atoms with Crippen molar-refractivity contribution in [1.82, 2.24) is 9.80 Å². The molecule has 140 valence electrons. The minimum Gasteiger partial charge on any atom is -0.340 e. The lowest BCUT2D eigenvalue weighted by Crippen LogP contribution is -2.48. The summed E-state index contributed by atoms with van der Waals surface area (Å²) in [4.78, 5) is 40.5. The number of amides is 3. The summed E-state index contributed by atoms with van der Waals surface area (Å²) in [5.74, 6) is -1.53. The van der Waals surface area contributed by atoms with Crippen LogP contribution >= 0.6 is 34.8 Å². The molecule has 0 fully saturated rings. The summed E-state index contributed by atoms with van der Waals surface area (Å²) < 4.78 is 0. The zero-order valence-corrected chi connectivity index (χ0v) is 16.8. The van der Waals surface area contributed by atoms with Gasteiger partial charge in [0.25, 0.3) is 11.8 Å². The first kappa shape index (κ1) is 19.7. The topological polar surface area (TPSA) is 57.7 Å². The predicted molar refractivity (Wildman–Crippen MR) is 104 cm³/mol. The second-order valence-electron chi connectivity index (χ2n) is 6.25. The molecular formula is C19H15Cl3N2O3. The lowest BCUT2D eigenvalue weighted by Gasteiger charge is -2.27. The van der Waals surface area contributed by atoms with Crippen molar-refractivity contribution in [2.24, 2.45) is 0 Å². The first-order chi connectivity index (χ1) is 12.7. The number of benzene rings is 2. The van der Waals surface area contributed by atoms with Crippen molar-refractivity contribution >= 4 is 52.5 Å². The van der Waals surface area contributed by atoms with E-state index >= 15 is 0 Å².